The van der Waals surface area contributed by atoms with Crippen molar-refractivity contribution in [1.29, 1.82) is 0 Å². The van der Waals surface area contributed by atoms with E-state index in [0.29, 0.717) is 10.6 Å². The molecule has 2 rings (SSSR count). The van der Waals surface area contributed by atoms with Crippen LogP contribution >= 0.6 is 39.3 Å². The summed E-state index contributed by atoms with van der Waals surface area (Å²) in [7, 11) is 0. The Morgan fingerprint density at radius 1 is 1.53 bits per heavy atom. The molecule has 0 bridgehead atoms. The first kappa shape index (κ1) is 11.5. The van der Waals surface area contributed by atoms with Gasteiger partial charge in [0.25, 0.3) is 0 Å². The van der Waals surface area contributed by atoms with Crippen LogP contribution in [0.25, 0.3) is 0 Å². The van der Waals surface area contributed by atoms with Crippen molar-refractivity contribution in [3.05, 3.63) is 33.3 Å². The Labute approximate surface area is 107 Å². The van der Waals surface area contributed by atoms with Gasteiger partial charge in [-0.3, -0.25) is 4.79 Å². The lowest BCUT2D eigenvalue weighted by Gasteiger charge is -2.09. The zero-order valence-corrected chi connectivity index (χ0v) is 11.2. The molecule has 0 aliphatic carbocycles. The summed E-state index contributed by atoms with van der Waals surface area (Å²) in [5, 5.41) is 0.660. The number of ketones is 1. The number of carbonyl (C=O) groups excluding carboxylic acids is 1. The molecule has 0 aromatic heterocycles. The van der Waals surface area contributed by atoms with E-state index in [1.54, 1.807) is 17.8 Å². The maximum Gasteiger partial charge on any atom is 0.177 e. The average Bonchev–Trinajstić information content (AvgIpc) is 2.74. The lowest BCUT2D eigenvalue weighted by Crippen LogP contribution is -2.14. The normalized spacial score (nSPS) is 20.5. The predicted molar refractivity (Wildman–Crippen MR) is 69.0 cm³/mol. The molecule has 1 nitrogen and oxygen atoms in total. The van der Waals surface area contributed by atoms with Crippen LogP contribution in [0.4, 0.5) is 0 Å². The van der Waals surface area contributed by atoms with E-state index in [1.165, 1.54) is 0 Å². The first-order chi connectivity index (χ1) is 7.18. The molecule has 1 aromatic carbocycles. The quantitative estimate of drug-likeness (QED) is 0.762. The second-order valence-electron chi connectivity index (χ2n) is 3.49. The van der Waals surface area contributed by atoms with Crippen LogP contribution in [0.3, 0.4) is 0 Å². The predicted octanol–water partition coefficient (Wildman–Crippen LogP) is 4.18. The summed E-state index contributed by atoms with van der Waals surface area (Å²) in [6.07, 6.45) is 2.11. The fraction of sp³-hybridized carbons (Fsp3) is 0.364. The van der Waals surface area contributed by atoms with Crippen molar-refractivity contribution in [3.8, 4) is 0 Å². The average molecular weight is 306 g/mol. The lowest BCUT2D eigenvalue weighted by molar-refractivity contribution is 0.0988. The van der Waals surface area contributed by atoms with Gasteiger partial charge in [0.05, 0.1) is 10.3 Å². The van der Waals surface area contributed by atoms with Crippen LogP contribution < -0.4 is 0 Å². The van der Waals surface area contributed by atoms with E-state index in [9.17, 15) is 4.79 Å². The molecule has 0 saturated carbocycles. The van der Waals surface area contributed by atoms with Gasteiger partial charge < -0.3 is 0 Å². The smallest absolute Gasteiger partial charge is 0.177 e. The number of Topliss-reactive ketones (excluding diaryl/α,β-unsaturated/α-hetero) is 1. The number of thioether (sulfide) groups is 1. The van der Waals surface area contributed by atoms with Gasteiger partial charge in [-0.25, -0.2) is 0 Å². The van der Waals surface area contributed by atoms with Gasteiger partial charge in [0.2, 0.25) is 0 Å². The summed E-state index contributed by atoms with van der Waals surface area (Å²) in [5.41, 5.74) is 0.644. The second kappa shape index (κ2) is 4.89. The molecule has 1 saturated heterocycles. The zero-order chi connectivity index (χ0) is 10.8. The van der Waals surface area contributed by atoms with Crippen molar-refractivity contribution in [2.75, 3.05) is 5.75 Å². The van der Waals surface area contributed by atoms with Crippen molar-refractivity contribution >= 4 is 45.1 Å². The molecule has 1 aromatic rings. The molecule has 1 aliphatic heterocycles. The molecule has 1 atom stereocenters. The topological polar surface area (TPSA) is 17.1 Å². The largest absolute Gasteiger partial charge is 0.293 e. The van der Waals surface area contributed by atoms with E-state index in [0.717, 1.165) is 23.1 Å². The second-order valence-corrected chi connectivity index (χ2v) is 6.12. The first-order valence-electron chi connectivity index (χ1n) is 4.79. The fourth-order valence-corrected chi connectivity index (χ4v) is 3.45. The molecular weight excluding hydrogens is 296 g/mol. The Bertz CT molecular complexity index is 388. The summed E-state index contributed by atoms with van der Waals surface area (Å²) in [5.74, 6) is 1.26. The van der Waals surface area contributed by atoms with Crippen molar-refractivity contribution in [2.24, 2.45) is 0 Å². The minimum absolute atomic E-state index is 0.108. The van der Waals surface area contributed by atoms with Crippen LogP contribution in [-0.4, -0.2) is 16.8 Å². The Hall–Kier alpha value is 0.01000. The molecule has 1 heterocycles. The van der Waals surface area contributed by atoms with Crippen LogP contribution in [-0.2, 0) is 0 Å². The Balaban J connectivity index is 2.27. The third-order valence-corrected chi connectivity index (χ3v) is 4.62. The number of halogens is 2. The van der Waals surface area contributed by atoms with Crippen molar-refractivity contribution in [2.45, 2.75) is 18.1 Å². The number of hydrogen-bond donors (Lipinski definition) is 0. The SMILES string of the molecule is O=C(c1cc(Br)ccc1Cl)C1CCCS1. The van der Waals surface area contributed by atoms with Gasteiger partial charge in [-0.1, -0.05) is 27.5 Å². The van der Waals surface area contributed by atoms with Gasteiger partial charge >= 0.3 is 0 Å². The molecule has 0 radical (unpaired) electrons. The fourth-order valence-electron chi connectivity index (χ4n) is 1.64. The van der Waals surface area contributed by atoms with Crippen LogP contribution in [0.2, 0.25) is 5.02 Å². The van der Waals surface area contributed by atoms with E-state index in [-0.39, 0.29) is 11.0 Å². The molecule has 4 heteroatoms. The van der Waals surface area contributed by atoms with E-state index < -0.39 is 0 Å². The van der Waals surface area contributed by atoms with Crippen LogP contribution in [0.15, 0.2) is 22.7 Å². The van der Waals surface area contributed by atoms with E-state index in [4.69, 9.17) is 11.6 Å². The van der Waals surface area contributed by atoms with Gasteiger partial charge in [0, 0.05) is 10.0 Å². The number of benzene rings is 1. The van der Waals surface area contributed by atoms with Crippen molar-refractivity contribution in [3.63, 3.8) is 0 Å². The van der Waals surface area contributed by atoms with E-state index in [1.807, 2.05) is 12.1 Å². The zero-order valence-electron chi connectivity index (χ0n) is 8.00. The number of hydrogen-bond acceptors (Lipinski definition) is 2. The van der Waals surface area contributed by atoms with Gasteiger partial charge in [0.1, 0.15) is 0 Å². The molecule has 1 unspecified atom stereocenters. The molecule has 80 valence electrons. The van der Waals surface area contributed by atoms with E-state index >= 15 is 0 Å². The molecule has 0 amide bonds. The summed E-state index contributed by atoms with van der Waals surface area (Å²) >= 11 is 11.1. The van der Waals surface area contributed by atoms with Gasteiger partial charge in [-0.15, -0.1) is 0 Å². The standard InChI is InChI=1S/C11H10BrClOS/c12-7-3-4-9(13)8(6-7)11(14)10-2-1-5-15-10/h3-4,6,10H,1-2,5H2. The molecule has 0 spiro atoms. The minimum Gasteiger partial charge on any atom is -0.293 e. The van der Waals surface area contributed by atoms with Crippen LogP contribution in [0, 0.1) is 0 Å². The van der Waals surface area contributed by atoms with E-state index in [2.05, 4.69) is 15.9 Å². The van der Waals surface area contributed by atoms with Gasteiger partial charge in [-0.05, 0) is 36.8 Å². The van der Waals surface area contributed by atoms with Gasteiger partial charge in [-0.2, -0.15) is 11.8 Å². The minimum atomic E-state index is 0.108. The maximum absolute atomic E-state index is 12.1. The third kappa shape index (κ3) is 2.58. The summed E-state index contributed by atoms with van der Waals surface area (Å²) < 4.78 is 0.901. The number of rotatable bonds is 2. The van der Waals surface area contributed by atoms with Gasteiger partial charge in [0.15, 0.2) is 5.78 Å². The highest BCUT2D eigenvalue weighted by molar-refractivity contribution is 9.10. The maximum atomic E-state index is 12.1. The molecule has 15 heavy (non-hydrogen) atoms. The Morgan fingerprint density at radius 3 is 3.00 bits per heavy atom. The number of carbonyl (C=O) groups is 1. The Kier molecular flexibility index (Phi) is 3.75. The molecule has 1 aliphatic rings. The highest BCUT2D eigenvalue weighted by Gasteiger charge is 2.25. The van der Waals surface area contributed by atoms with Crippen LogP contribution in [0.1, 0.15) is 23.2 Å². The first-order valence-corrected chi connectivity index (χ1v) is 7.01. The highest BCUT2D eigenvalue weighted by atomic mass is 79.9. The summed E-state index contributed by atoms with van der Waals surface area (Å²) in [6.45, 7) is 0. The highest BCUT2D eigenvalue weighted by Crippen LogP contribution is 2.31. The van der Waals surface area contributed by atoms with Crippen molar-refractivity contribution < 1.29 is 4.79 Å². The summed E-state index contributed by atoms with van der Waals surface area (Å²) in [4.78, 5) is 12.1. The molecular formula is C11H10BrClOS. The third-order valence-electron chi connectivity index (χ3n) is 2.42. The van der Waals surface area contributed by atoms with Crippen LogP contribution in [0.5, 0.6) is 0 Å². The molecule has 1 fully saturated rings. The lowest BCUT2D eigenvalue weighted by atomic mass is 10.1. The Morgan fingerprint density at radius 2 is 2.33 bits per heavy atom. The summed E-state index contributed by atoms with van der Waals surface area (Å²) in [6, 6.07) is 5.42. The molecule has 0 N–H and O–H groups in total. The van der Waals surface area contributed by atoms with Crippen molar-refractivity contribution in [1.82, 2.24) is 0 Å². The monoisotopic (exact) mass is 304 g/mol.